The van der Waals surface area contributed by atoms with E-state index in [1.54, 1.807) is 13.8 Å². The van der Waals surface area contributed by atoms with Gasteiger partial charge in [0.2, 0.25) is 11.8 Å². The molecule has 132 valence electrons. The molecule has 0 aromatic carbocycles. The number of allylic oxidation sites excluding steroid dienone is 3. The second kappa shape index (κ2) is 8.57. The number of hydrogen-bond donors (Lipinski definition) is 1. The van der Waals surface area contributed by atoms with Gasteiger partial charge in [-0.1, -0.05) is 19.1 Å². The summed E-state index contributed by atoms with van der Waals surface area (Å²) in [6.45, 7) is 5.41. The molecule has 1 N–H and O–H groups in total. The van der Waals surface area contributed by atoms with Crippen molar-refractivity contribution >= 4 is 24.1 Å². The van der Waals surface area contributed by atoms with Crippen LogP contribution in [0.3, 0.4) is 0 Å². The molecule has 0 aromatic heterocycles. The fourth-order valence-corrected chi connectivity index (χ4v) is 2.78. The van der Waals surface area contributed by atoms with Crippen LogP contribution < -0.4 is 5.32 Å². The topological polar surface area (TPSA) is 83.6 Å². The van der Waals surface area contributed by atoms with Gasteiger partial charge in [-0.15, -0.1) is 0 Å². The van der Waals surface area contributed by atoms with E-state index in [0.29, 0.717) is 0 Å². The van der Waals surface area contributed by atoms with Crippen LogP contribution in [-0.4, -0.2) is 36.1 Å². The summed E-state index contributed by atoms with van der Waals surface area (Å²) in [6, 6.07) is -0.645. The van der Waals surface area contributed by atoms with Gasteiger partial charge in [0.05, 0.1) is 0 Å². The SMILES string of the molecule is CC/C=C(\C)C=O.CN1C(=O)NC(=O)C(C)(C2=CCCCC2)C1=O. The zero-order chi connectivity index (χ0) is 18.3. The summed E-state index contributed by atoms with van der Waals surface area (Å²) >= 11 is 0. The molecular formula is C18H26N2O4. The molecule has 6 heteroatoms. The van der Waals surface area contributed by atoms with E-state index >= 15 is 0 Å². The van der Waals surface area contributed by atoms with Crippen molar-refractivity contribution in [1.29, 1.82) is 0 Å². The summed E-state index contributed by atoms with van der Waals surface area (Å²) < 4.78 is 0. The molecular weight excluding hydrogens is 308 g/mol. The average Bonchev–Trinajstić information content (AvgIpc) is 2.59. The molecule has 6 nitrogen and oxygen atoms in total. The summed E-state index contributed by atoms with van der Waals surface area (Å²) in [5, 5.41) is 2.23. The minimum atomic E-state index is -1.21. The Balaban J connectivity index is 0.000000351. The molecule has 24 heavy (non-hydrogen) atoms. The van der Waals surface area contributed by atoms with Crippen LogP contribution in [0, 0.1) is 5.41 Å². The van der Waals surface area contributed by atoms with Crippen molar-refractivity contribution in [2.75, 3.05) is 7.05 Å². The standard InChI is InChI=1S/C12H16N2O3.C6H10O/c1-12(8-6-4-3-5-7-8)9(15)13-11(17)14(2)10(12)16;1-3-4-6(2)5-7/h6H,3-5,7H2,1-2H3,(H,13,15,17);4-5H,3H2,1-2H3/b;6-4+. The lowest BCUT2D eigenvalue weighted by Gasteiger charge is -2.37. The van der Waals surface area contributed by atoms with Gasteiger partial charge in [-0.25, -0.2) is 4.79 Å². The molecule has 1 aliphatic carbocycles. The van der Waals surface area contributed by atoms with Crippen molar-refractivity contribution in [2.45, 2.75) is 52.9 Å². The van der Waals surface area contributed by atoms with Crippen molar-refractivity contribution in [3.8, 4) is 0 Å². The molecule has 0 radical (unpaired) electrons. The molecule has 1 unspecified atom stereocenters. The van der Waals surface area contributed by atoms with E-state index in [1.807, 2.05) is 19.1 Å². The molecule has 2 rings (SSSR count). The van der Waals surface area contributed by atoms with Crippen LogP contribution in [0.4, 0.5) is 4.79 Å². The highest BCUT2D eigenvalue weighted by atomic mass is 16.2. The number of amides is 4. The molecule has 0 saturated carbocycles. The fraction of sp³-hybridized carbons (Fsp3) is 0.556. The molecule has 1 saturated heterocycles. The smallest absolute Gasteiger partial charge is 0.298 e. The number of hydrogen-bond acceptors (Lipinski definition) is 4. The predicted octanol–water partition coefficient (Wildman–Crippen LogP) is 2.74. The van der Waals surface area contributed by atoms with Gasteiger partial charge in [0.1, 0.15) is 11.7 Å². The van der Waals surface area contributed by atoms with E-state index < -0.39 is 23.3 Å². The Morgan fingerprint density at radius 2 is 2.00 bits per heavy atom. The Hall–Kier alpha value is -2.24. The van der Waals surface area contributed by atoms with Crippen LogP contribution in [0.25, 0.3) is 0 Å². The minimum absolute atomic E-state index is 0.431. The number of carbonyl (C=O) groups is 4. The Bertz CT molecular complexity index is 592. The average molecular weight is 334 g/mol. The van der Waals surface area contributed by atoms with Crippen molar-refractivity contribution in [3.05, 3.63) is 23.3 Å². The quantitative estimate of drug-likeness (QED) is 0.372. The van der Waals surface area contributed by atoms with Gasteiger partial charge in [0, 0.05) is 7.05 Å². The molecule has 0 spiro atoms. The highest BCUT2D eigenvalue weighted by Gasteiger charge is 2.51. The Morgan fingerprint density at radius 3 is 2.46 bits per heavy atom. The number of nitrogens with one attached hydrogen (secondary N) is 1. The molecule has 1 heterocycles. The first-order valence-electron chi connectivity index (χ1n) is 8.24. The Kier molecular flexibility index (Phi) is 7.07. The van der Waals surface area contributed by atoms with Crippen LogP contribution in [0.15, 0.2) is 23.3 Å². The maximum absolute atomic E-state index is 12.2. The fourth-order valence-electron chi connectivity index (χ4n) is 2.78. The normalized spacial score (nSPS) is 24.7. The van der Waals surface area contributed by atoms with E-state index in [1.165, 1.54) is 7.05 Å². The third-order valence-corrected chi connectivity index (χ3v) is 4.36. The second-order valence-corrected chi connectivity index (χ2v) is 6.20. The van der Waals surface area contributed by atoms with Gasteiger partial charge in [0.25, 0.3) is 0 Å². The summed E-state index contributed by atoms with van der Waals surface area (Å²) in [4.78, 5) is 46.3. The van der Waals surface area contributed by atoms with Crippen LogP contribution in [-0.2, 0) is 14.4 Å². The highest BCUT2D eigenvalue weighted by Crippen LogP contribution is 2.37. The predicted molar refractivity (Wildman–Crippen MR) is 91.1 cm³/mol. The lowest BCUT2D eigenvalue weighted by atomic mass is 9.74. The number of nitrogens with zero attached hydrogens (tertiary/aromatic N) is 1. The Morgan fingerprint density at radius 1 is 1.33 bits per heavy atom. The van der Waals surface area contributed by atoms with E-state index in [0.717, 1.165) is 54.4 Å². The minimum Gasteiger partial charge on any atom is -0.298 e. The molecule has 1 atom stereocenters. The van der Waals surface area contributed by atoms with E-state index in [-0.39, 0.29) is 0 Å². The van der Waals surface area contributed by atoms with Crippen LogP contribution in [0.2, 0.25) is 0 Å². The van der Waals surface area contributed by atoms with Gasteiger partial charge < -0.3 is 0 Å². The maximum Gasteiger partial charge on any atom is 0.330 e. The number of aldehydes is 1. The second-order valence-electron chi connectivity index (χ2n) is 6.20. The third kappa shape index (κ3) is 4.19. The van der Waals surface area contributed by atoms with E-state index in [2.05, 4.69) is 5.32 Å². The number of carbonyl (C=O) groups excluding carboxylic acids is 4. The summed E-state index contributed by atoms with van der Waals surface area (Å²) in [6.07, 6.45) is 9.39. The third-order valence-electron chi connectivity index (χ3n) is 4.36. The maximum atomic E-state index is 12.2. The first kappa shape index (κ1) is 19.8. The Labute approximate surface area is 143 Å². The van der Waals surface area contributed by atoms with Crippen LogP contribution in [0.1, 0.15) is 52.9 Å². The number of imide groups is 2. The molecule has 0 aromatic rings. The van der Waals surface area contributed by atoms with Crippen molar-refractivity contribution in [2.24, 2.45) is 5.41 Å². The zero-order valence-electron chi connectivity index (χ0n) is 14.8. The first-order valence-corrected chi connectivity index (χ1v) is 8.24. The van der Waals surface area contributed by atoms with Crippen molar-refractivity contribution in [3.63, 3.8) is 0 Å². The number of rotatable bonds is 3. The summed E-state index contributed by atoms with van der Waals surface area (Å²) in [7, 11) is 1.39. The summed E-state index contributed by atoms with van der Waals surface area (Å²) in [5.41, 5.74) is 0.455. The van der Waals surface area contributed by atoms with Crippen LogP contribution >= 0.6 is 0 Å². The lowest BCUT2D eigenvalue weighted by Crippen LogP contribution is -2.62. The van der Waals surface area contributed by atoms with E-state index in [4.69, 9.17) is 0 Å². The van der Waals surface area contributed by atoms with Crippen molar-refractivity contribution < 1.29 is 19.2 Å². The molecule has 1 fully saturated rings. The van der Waals surface area contributed by atoms with Gasteiger partial charge in [-0.05, 0) is 57.1 Å². The number of barbiturate groups is 1. The molecule has 4 amide bonds. The lowest BCUT2D eigenvalue weighted by molar-refractivity contribution is -0.146. The molecule has 2 aliphatic rings. The van der Waals surface area contributed by atoms with Crippen molar-refractivity contribution in [1.82, 2.24) is 10.2 Å². The van der Waals surface area contributed by atoms with Gasteiger partial charge in [-0.3, -0.25) is 24.6 Å². The zero-order valence-corrected chi connectivity index (χ0v) is 14.8. The first-order chi connectivity index (χ1) is 11.3. The van der Waals surface area contributed by atoms with Gasteiger partial charge >= 0.3 is 6.03 Å². The summed E-state index contributed by atoms with van der Waals surface area (Å²) in [5.74, 6) is -0.932. The van der Waals surface area contributed by atoms with Gasteiger partial charge in [0.15, 0.2) is 0 Å². The number of urea groups is 1. The van der Waals surface area contributed by atoms with Crippen LogP contribution in [0.5, 0.6) is 0 Å². The molecule has 0 bridgehead atoms. The van der Waals surface area contributed by atoms with Gasteiger partial charge in [-0.2, -0.15) is 0 Å². The molecule has 1 aliphatic heterocycles. The van der Waals surface area contributed by atoms with E-state index in [9.17, 15) is 19.2 Å². The highest BCUT2D eigenvalue weighted by molar-refractivity contribution is 6.20. The largest absolute Gasteiger partial charge is 0.330 e. The monoisotopic (exact) mass is 334 g/mol.